The maximum Gasteiger partial charge on any atom is 0.0166 e. The van der Waals surface area contributed by atoms with Gasteiger partial charge >= 0.3 is 0 Å². The molecule has 0 spiro atoms. The second-order valence-corrected chi connectivity index (χ2v) is 7.41. The Kier molecular flexibility index (Phi) is 18.3. The number of unbranched alkanes of at least 4 members (excludes halogenated alkanes) is 12. The van der Waals surface area contributed by atoms with E-state index in [0.717, 1.165) is 13.1 Å². The lowest BCUT2D eigenvalue weighted by molar-refractivity contribution is 0.239. The minimum Gasteiger partial charge on any atom is -0.293 e. The van der Waals surface area contributed by atoms with Crippen LogP contribution in [0.2, 0.25) is 0 Å². The van der Waals surface area contributed by atoms with E-state index in [0.29, 0.717) is 6.04 Å². The van der Waals surface area contributed by atoms with Crippen LogP contribution in [0.15, 0.2) is 25.3 Å². The zero-order valence-corrected chi connectivity index (χ0v) is 16.9. The zero-order valence-electron chi connectivity index (χ0n) is 16.9. The average Bonchev–Trinajstić information content (AvgIpc) is 2.58. The Hall–Kier alpha value is -0.560. The zero-order chi connectivity index (χ0) is 17.9. The Balaban J connectivity index is 3.34. The van der Waals surface area contributed by atoms with Crippen molar-refractivity contribution in [3.05, 3.63) is 25.3 Å². The molecule has 1 heteroatoms. The molecule has 0 N–H and O–H groups in total. The SMILES string of the molecule is C=CCN(CC=C)C(C)CCCCCCCCCCCCCCC. The van der Waals surface area contributed by atoms with Crippen molar-refractivity contribution in [1.82, 2.24) is 4.90 Å². The molecule has 0 amide bonds. The van der Waals surface area contributed by atoms with Crippen LogP contribution in [-0.2, 0) is 0 Å². The largest absolute Gasteiger partial charge is 0.293 e. The molecule has 0 saturated heterocycles. The topological polar surface area (TPSA) is 3.24 Å². The fraction of sp³-hybridized carbons (Fsp3) is 0.826. The van der Waals surface area contributed by atoms with Crippen LogP contribution < -0.4 is 0 Å². The van der Waals surface area contributed by atoms with E-state index in [4.69, 9.17) is 0 Å². The number of hydrogen-bond donors (Lipinski definition) is 0. The summed E-state index contributed by atoms with van der Waals surface area (Å²) in [6.07, 6.45) is 23.9. The summed E-state index contributed by atoms with van der Waals surface area (Å²) >= 11 is 0. The summed E-state index contributed by atoms with van der Waals surface area (Å²) in [6, 6.07) is 0.647. The quantitative estimate of drug-likeness (QED) is 0.174. The van der Waals surface area contributed by atoms with Crippen LogP contribution in [-0.4, -0.2) is 24.0 Å². The highest BCUT2D eigenvalue weighted by atomic mass is 15.1. The average molecular weight is 336 g/mol. The van der Waals surface area contributed by atoms with E-state index in [1.165, 1.54) is 89.9 Å². The predicted octanol–water partition coefficient (Wildman–Crippen LogP) is 7.53. The van der Waals surface area contributed by atoms with Gasteiger partial charge in [0.05, 0.1) is 0 Å². The number of hydrogen-bond acceptors (Lipinski definition) is 1. The summed E-state index contributed by atoms with van der Waals surface area (Å²) in [5.74, 6) is 0. The van der Waals surface area contributed by atoms with Crippen LogP contribution >= 0.6 is 0 Å². The van der Waals surface area contributed by atoms with Crippen molar-refractivity contribution in [2.24, 2.45) is 0 Å². The van der Waals surface area contributed by atoms with Crippen molar-refractivity contribution in [2.75, 3.05) is 13.1 Å². The molecule has 0 aromatic heterocycles. The Morgan fingerprint density at radius 3 is 1.42 bits per heavy atom. The monoisotopic (exact) mass is 335 g/mol. The van der Waals surface area contributed by atoms with Gasteiger partial charge < -0.3 is 0 Å². The molecule has 0 rings (SSSR count). The second-order valence-electron chi connectivity index (χ2n) is 7.41. The van der Waals surface area contributed by atoms with E-state index in [1.54, 1.807) is 0 Å². The van der Waals surface area contributed by atoms with Crippen LogP contribution in [0.5, 0.6) is 0 Å². The third kappa shape index (κ3) is 15.0. The first-order valence-electron chi connectivity index (χ1n) is 10.7. The van der Waals surface area contributed by atoms with Gasteiger partial charge in [-0.25, -0.2) is 0 Å². The summed E-state index contributed by atoms with van der Waals surface area (Å²) in [4.78, 5) is 2.46. The molecule has 1 unspecified atom stereocenters. The molecule has 0 aliphatic rings. The molecule has 0 radical (unpaired) electrons. The van der Waals surface area contributed by atoms with Gasteiger partial charge in [0.1, 0.15) is 0 Å². The summed E-state index contributed by atoms with van der Waals surface area (Å²) in [5, 5.41) is 0. The van der Waals surface area contributed by atoms with Crippen LogP contribution in [0.1, 0.15) is 104 Å². The molecule has 1 atom stereocenters. The van der Waals surface area contributed by atoms with Crippen molar-refractivity contribution in [3.63, 3.8) is 0 Å². The van der Waals surface area contributed by atoms with Crippen LogP contribution in [0, 0.1) is 0 Å². The molecule has 0 aliphatic carbocycles. The van der Waals surface area contributed by atoms with Gasteiger partial charge in [-0.05, 0) is 13.3 Å². The van der Waals surface area contributed by atoms with Crippen LogP contribution in [0.4, 0.5) is 0 Å². The van der Waals surface area contributed by atoms with Gasteiger partial charge in [-0.15, -0.1) is 13.2 Å². The maximum absolute atomic E-state index is 3.86. The molecule has 0 aromatic carbocycles. The van der Waals surface area contributed by atoms with Gasteiger partial charge in [0.25, 0.3) is 0 Å². The van der Waals surface area contributed by atoms with Crippen molar-refractivity contribution in [3.8, 4) is 0 Å². The predicted molar refractivity (Wildman–Crippen MR) is 112 cm³/mol. The normalized spacial score (nSPS) is 12.5. The molecule has 0 saturated carbocycles. The molecule has 0 aliphatic heterocycles. The Bertz CT molecular complexity index is 261. The lowest BCUT2D eigenvalue weighted by Gasteiger charge is -2.26. The third-order valence-corrected chi connectivity index (χ3v) is 5.08. The van der Waals surface area contributed by atoms with Crippen molar-refractivity contribution in [2.45, 2.75) is 110 Å². The lowest BCUT2D eigenvalue weighted by Crippen LogP contribution is -2.33. The summed E-state index contributed by atoms with van der Waals surface area (Å²) in [6.45, 7) is 14.3. The third-order valence-electron chi connectivity index (χ3n) is 5.08. The van der Waals surface area contributed by atoms with Gasteiger partial charge in [0.2, 0.25) is 0 Å². The van der Waals surface area contributed by atoms with E-state index in [-0.39, 0.29) is 0 Å². The van der Waals surface area contributed by atoms with E-state index in [9.17, 15) is 0 Å². The van der Waals surface area contributed by atoms with Gasteiger partial charge in [-0.3, -0.25) is 4.90 Å². The van der Waals surface area contributed by atoms with Gasteiger partial charge in [0, 0.05) is 19.1 Å². The number of rotatable bonds is 19. The highest BCUT2D eigenvalue weighted by Gasteiger charge is 2.10. The lowest BCUT2D eigenvalue weighted by atomic mass is 10.0. The molecule has 24 heavy (non-hydrogen) atoms. The molecular formula is C23H45N. The molecule has 0 heterocycles. The molecule has 1 nitrogen and oxygen atoms in total. The number of nitrogens with zero attached hydrogens (tertiary/aromatic N) is 1. The van der Waals surface area contributed by atoms with Gasteiger partial charge in [-0.2, -0.15) is 0 Å². The summed E-state index contributed by atoms with van der Waals surface area (Å²) < 4.78 is 0. The molecule has 0 aromatic rings. The fourth-order valence-corrected chi connectivity index (χ4v) is 3.41. The first-order chi connectivity index (χ1) is 11.8. The van der Waals surface area contributed by atoms with Gasteiger partial charge in [0.15, 0.2) is 0 Å². The standard InChI is InChI=1S/C23H45N/c1-5-8-9-10-11-12-13-14-15-16-17-18-19-20-23(4)24(21-6-2)22-7-3/h6-7,23H,2-3,5,8-22H2,1,4H3. The van der Waals surface area contributed by atoms with E-state index >= 15 is 0 Å². The van der Waals surface area contributed by atoms with Crippen LogP contribution in [0.3, 0.4) is 0 Å². The van der Waals surface area contributed by atoms with E-state index < -0.39 is 0 Å². The van der Waals surface area contributed by atoms with E-state index in [1.807, 2.05) is 12.2 Å². The van der Waals surface area contributed by atoms with Crippen molar-refractivity contribution >= 4 is 0 Å². The minimum absolute atomic E-state index is 0.647. The Morgan fingerprint density at radius 1 is 0.667 bits per heavy atom. The molecule has 142 valence electrons. The highest BCUT2D eigenvalue weighted by molar-refractivity contribution is 4.82. The van der Waals surface area contributed by atoms with E-state index in [2.05, 4.69) is 31.9 Å². The minimum atomic E-state index is 0.647. The highest BCUT2D eigenvalue weighted by Crippen LogP contribution is 2.14. The molecular weight excluding hydrogens is 290 g/mol. The smallest absolute Gasteiger partial charge is 0.0166 e. The first kappa shape index (κ1) is 23.4. The van der Waals surface area contributed by atoms with Crippen LogP contribution in [0.25, 0.3) is 0 Å². The second kappa shape index (κ2) is 18.8. The van der Waals surface area contributed by atoms with Crippen molar-refractivity contribution < 1.29 is 0 Å². The first-order valence-corrected chi connectivity index (χ1v) is 10.7. The molecule has 0 bridgehead atoms. The Labute approximate surface area is 153 Å². The fourth-order valence-electron chi connectivity index (χ4n) is 3.41. The maximum atomic E-state index is 3.86. The van der Waals surface area contributed by atoms with Gasteiger partial charge in [-0.1, -0.05) is 103 Å². The summed E-state index contributed by atoms with van der Waals surface area (Å²) in [7, 11) is 0. The van der Waals surface area contributed by atoms with Crippen molar-refractivity contribution in [1.29, 1.82) is 0 Å². The summed E-state index contributed by atoms with van der Waals surface area (Å²) in [5.41, 5.74) is 0. The Morgan fingerprint density at radius 2 is 1.04 bits per heavy atom. The molecule has 0 fully saturated rings.